The first-order chi connectivity index (χ1) is 14.3. The van der Waals surface area contributed by atoms with E-state index in [1.165, 1.54) is 0 Å². The SMILES string of the molecule is O=S(=O)(c1ccc(Oc2cc(F)c(F)c3[nH]ncc23)c2c1N(O)C(F)(F)C2)C(F)(F)F. The van der Waals surface area contributed by atoms with Gasteiger partial charge in [-0.15, -0.1) is 0 Å². The van der Waals surface area contributed by atoms with Gasteiger partial charge in [0.15, 0.2) is 11.6 Å². The van der Waals surface area contributed by atoms with Crippen LogP contribution < -0.4 is 9.80 Å². The zero-order valence-corrected chi connectivity index (χ0v) is 15.5. The number of H-pyrrole nitrogens is 1. The molecule has 0 amide bonds. The Kier molecular flexibility index (Phi) is 4.41. The van der Waals surface area contributed by atoms with Crippen molar-refractivity contribution >= 4 is 26.4 Å². The number of aromatic nitrogens is 2. The number of fused-ring (bicyclic) bond motifs is 2. The summed E-state index contributed by atoms with van der Waals surface area (Å²) in [7, 11) is -6.13. The Morgan fingerprint density at radius 2 is 1.87 bits per heavy atom. The summed E-state index contributed by atoms with van der Waals surface area (Å²) in [6, 6.07) is -2.67. The Morgan fingerprint density at radius 3 is 2.52 bits per heavy atom. The van der Waals surface area contributed by atoms with Crippen molar-refractivity contribution in [2.24, 2.45) is 0 Å². The van der Waals surface area contributed by atoms with Gasteiger partial charge in [0.25, 0.3) is 9.84 Å². The van der Waals surface area contributed by atoms with Crippen molar-refractivity contribution in [1.29, 1.82) is 0 Å². The normalized spacial score (nSPS) is 16.1. The monoisotopic (exact) mass is 471 g/mol. The van der Waals surface area contributed by atoms with Crippen molar-refractivity contribution < 1.29 is 49.1 Å². The van der Waals surface area contributed by atoms with Crippen LogP contribution in [0.1, 0.15) is 5.56 Å². The van der Waals surface area contributed by atoms with Gasteiger partial charge in [0, 0.05) is 11.6 Å². The van der Waals surface area contributed by atoms with Crippen LogP contribution in [0.4, 0.5) is 36.4 Å². The molecular formula is C16H8F7N3O4S. The van der Waals surface area contributed by atoms with E-state index in [4.69, 9.17) is 4.74 Å². The van der Waals surface area contributed by atoms with Gasteiger partial charge in [-0.25, -0.2) is 17.2 Å². The number of anilines is 1. The van der Waals surface area contributed by atoms with Gasteiger partial charge < -0.3 is 4.74 Å². The molecule has 4 rings (SSSR count). The van der Waals surface area contributed by atoms with Crippen LogP contribution in [0.3, 0.4) is 0 Å². The lowest BCUT2D eigenvalue weighted by molar-refractivity contribution is -0.0617. The van der Waals surface area contributed by atoms with Crippen LogP contribution in [0.25, 0.3) is 10.9 Å². The second kappa shape index (κ2) is 6.46. The van der Waals surface area contributed by atoms with Crippen molar-refractivity contribution in [3.05, 3.63) is 41.6 Å². The second-order valence-corrected chi connectivity index (χ2v) is 8.33. The van der Waals surface area contributed by atoms with Gasteiger partial charge in [-0.2, -0.15) is 32.1 Å². The number of hydrogen-bond acceptors (Lipinski definition) is 6. The molecule has 0 saturated carbocycles. The van der Waals surface area contributed by atoms with Gasteiger partial charge in [0.2, 0.25) is 0 Å². The summed E-state index contributed by atoms with van der Waals surface area (Å²) in [5, 5.41) is 14.3. The number of ether oxygens (including phenoxy) is 1. The van der Waals surface area contributed by atoms with Crippen molar-refractivity contribution in [2.75, 3.05) is 5.06 Å². The first-order valence-electron chi connectivity index (χ1n) is 8.09. The number of hydroxylamine groups is 1. The third-order valence-corrected chi connectivity index (χ3v) is 6.04. The van der Waals surface area contributed by atoms with E-state index in [2.05, 4.69) is 10.2 Å². The third kappa shape index (κ3) is 3.06. The van der Waals surface area contributed by atoms with Crippen molar-refractivity contribution in [3.63, 3.8) is 0 Å². The van der Waals surface area contributed by atoms with Gasteiger partial charge in [-0.05, 0) is 12.1 Å². The van der Waals surface area contributed by atoms with E-state index in [0.717, 1.165) is 6.20 Å². The van der Waals surface area contributed by atoms with Crippen LogP contribution >= 0.6 is 0 Å². The standard InChI is InChI=1S/C16H8F7N3O4S/c17-8-3-10(7-5-24-25-13(7)12(8)18)30-9-1-2-11(31(28,29)16(21,22)23)14-6(9)4-15(19,20)26(14)27/h1-3,5,27H,4H2,(H,24,25). The van der Waals surface area contributed by atoms with Crippen molar-refractivity contribution in [3.8, 4) is 11.5 Å². The number of rotatable bonds is 3. The lowest BCUT2D eigenvalue weighted by Gasteiger charge is -2.21. The number of alkyl halides is 5. The van der Waals surface area contributed by atoms with E-state index >= 15 is 0 Å². The first-order valence-corrected chi connectivity index (χ1v) is 9.57. The molecule has 31 heavy (non-hydrogen) atoms. The fourth-order valence-corrected chi connectivity index (χ4v) is 4.07. The van der Waals surface area contributed by atoms with Gasteiger partial charge in [0.05, 0.1) is 23.7 Å². The number of nitrogens with one attached hydrogen (secondary N) is 1. The van der Waals surface area contributed by atoms with E-state index in [1.807, 2.05) is 0 Å². The summed E-state index contributed by atoms with van der Waals surface area (Å²) >= 11 is 0. The van der Waals surface area contributed by atoms with Crippen LogP contribution in [-0.2, 0) is 16.3 Å². The lowest BCUT2D eigenvalue weighted by atomic mass is 10.1. The molecule has 15 heteroatoms. The highest BCUT2D eigenvalue weighted by atomic mass is 32.2. The fraction of sp³-hybridized carbons (Fsp3) is 0.188. The number of sulfone groups is 1. The average Bonchev–Trinajstić information content (AvgIpc) is 3.23. The summed E-state index contributed by atoms with van der Waals surface area (Å²) in [6.45, 7) is 0. The smallest absolute Gasteiger partial charge is 0.456 e. The van der Waals surface area contributed by atoms with E-state index in [0.29, 0.717) is 18.2 Å². The number of aromatic amines is 1. The fourth-order valence-electron chi connectivity index (χ4n) is 3.11. The Morgan fingerprint density at radius 1 is 1.19 bits per heavy atom. The molecule has 2 heterocycles. The van der Waals surface area contributed by atoms with Crippen LogP contribution in [0.5, 0.6) is 11.5 Å². The zero-order valence-electron chi connectivity index (χ0n) is 14.6. The van der Waals surface area contributed by atoms with E-state index in [9.17, 15) is 44.4 Å². The maximum Gasteiger partial charge on any atom is 0.501 e. The Labute approximate surface area is 167 Å². The molecule has 0 saturated heterocycles. The maximum absolute atomic E-state index is 14.1. The second-order valence-electron chi connectivity index (χ2n) is 6.42. The Hall–Kier alpha value is -3.07. The molecule has 1 aromatic heterocycles. The summed E-state index contributed by atoms with van der Waals surface area (Å²) in [4.78, 5) is -1.62. The molecule has 7 nitrogen and oxygen atoms in total. The molecule has 2 N–H and O–H groups in total. The molecule has 3 aromatic rings. The highest BCUT2D eigenvalue weighted by Crippen LogP contribution is 2.50. The van der Waals surface area contributed by atoms with Gasteiger partial charge >= 0.3 is 11.6 Å². The minimum Gasteiger partial charge on any atom is -0.456 e. The minimum absolute atomic E-state index is 0.134. The van der Waals surface area contributed by atoms with Gasteiger partial charge in [-0.1, -0.05) is 0 Å². The van der Waals surface area contributed by atoms with Gasteiger partial charge in [0.1, 0.15) is 21.9 Å². The number of nitrogens with zero attached hydrogens (tertiary/aromatic N) is 2. The molecule has 2 aromatic carbocycles. The number of hydrogen-bond donors (Lipinski definition) is 2. The van der Waals surface area contributed by atoms with E-state index in [-0.39, 0.29) is 5.39 Å². The molecule has 166 valence electrons. The quantitative estimate of drug-likeness (QED) is 0.438. The number of halogens is 7. The Bertz CT molecular complexity index is 1320. The molecule has 0 fully saturated rings. The maximum atomic E-state index is 14.1. The number of benzene rings is 2. The van der Waals surface area contributed by atoms with Crippen LogP contribution in [0.15, 0.2) is 29.3 Å². The van der Waals surface area contributed by atoms with Crippen molar-refractivity contribution in [2.45, 2.75) is 22.9 Å². The predicted molar refractivity (Wildman–Crippen MR) is 88.7 cm³/mol. The first kappa shape index (κ1) is 21.2. The lowest BCUT2D eigenvalue weighted by Crippen LogP contribution is -2.36. The van der Waals surface area contributed by atoms with Gasteiger partial charge in [-0.3, -0.25) is 10.3 Å². The van der Waals surface area contributed by atoms with E-state index < -0.39 is 77.7 Å². The molecule has 0 unspecified atom stereocenters. The highest BCUT2D eigenvalue weighted by Gasteiger charge is 2.54. The summed E-state index contributed by atoms with van der Waals surface area (Å²) in [5.74, 6) is -3.78. The minimum atomic E-state index is -6.13. The van der Waals surface area contributed by atoms with Crippen LogP contribution in [0.2, 0.25) is 0 Å². The molecule has 0 spiro atoms. The van der Waals surface area contributed by atoms with Crippen LogP contribution in [-0.4, -0.2) is 35.4 Å². The topological polar surface area (TPSA) is 95.5 Å². The summed E-state index contributed by atoms with van der Waals surface area (Å²) < 4.78 is 124. The molecular weight excluding hydrogens is 463 g/mol. The van der Waals surface area contributed by atoms with Crippen molar-refractivity contribution in [1.82, 2.24) is 10.2 Å². The molecule has 0 bridgehead atoms. The molecule has 0 radical (unpaired) electrons. The van der Waals surface area contributed by atoms with Crippen LogP contribution in [0, 0.1) is 11.6 Å². The average molecular weight is 471 g/mol. The zero-order chi connectivity index (χ0) is 22.9. The summed E-state index contributed by atoms with van der Waals surface area (Å²) in [6.07, 6.45) is -0.406. The largest absolute Gasteiger partial charge is 0.501 e. The molecule has 1 aliphatic rings. The third-order valence-electron chi connectivity index (χ3n) is 4.52. The van der Waals surface area contributed by atoms with E-state index in [1.54, 1.807) is 0 Å². The molecule has 0 aliphatic carbocycles. The predicted octanol–water partition coefficient (Wildman–Crippen LogP) is 4.27. The Balaban J connectivity index is 1.92. The highest BCUT2D eigenvalue weighted by molar-refractivity contribution is 7.92. The molecule has 1 aliphatic heterocycles. The summed E-state index contributed by atoms with van der Waals surface area (Å²) in [5.41, 5.74) is -8.41. The molecule has 0 atom stereocenters.